The predicted octanol–water partition coefficient (Wildman–Crippen LogP) is 4.51. The third kappa shape index (κ3) is 3.50. The number of hydrogen-bond donors (Lipinski definition) is 0. The van der Waals surface area contributed by atoms with E-state index in [1.54, 1.807) is 41.5 Å². The van der Waals surface area contributed by atoms with Gasteiger partial charge in [-0.2, -0.15) is 0 Å². The Kier molecular flexibility index (Phi) is 4.76. The number of fused-ring (bicyclic) bond motifs is 2. The lowest BCUT2D eigenvalue weighted by Gasteiger charge is -2.17. The molecule has 0 aliphatic heterocycles. The number of aryl methyl sites for hydroxylation is 1. The third-order valence-corrected chi connectivity index (χ3v) is 5.82. The van der Waals surface area contributed by atoms with Crippen LogP contribution in [-0.4, -0.2) is 22.4 Å². The maximum Gasteiger partial charge on any atom is 0.419 e. The SMILES string of the molecule is CN(Cc1csc2ccccc12)C(=O)CCn1c(=O)oc2cc(Cl)ccc21. The largest absolute Gasteiger partial charge is 0.419 e. The van der Waals surface area contributed by atoms with Gasteiger partial charge in [-0.3, -0.25) is 9.36 Å². The lowest BCUT2D eigenvalue weighted by molar-refractivity contribution is -0.130. The van der Waals surface area contributed by atoms with Gasteiger partial charge in [0.15, 0.2) is 5.58 Å². The van der Waals surface area contributed by atoms with Gasteiger partial charge < -0.3 is 9.32 Å². The van der Waals surface area contributed by atoms with Crippen molar-refractivity contribution in [1.29, 1.82) is 0 Å². The van der Waals surface area contributed by atoms with E-state index in [1.165, 1.54) is 14.7 Å². The molecule has 0 fully saturated rings. The highest BCUT2D eigenvalue weighted by Crippen LogP contribution is 2.26. The van der Waals surface area contributed by atoms with Crippen molar-refractivity contribution in [2.45, 2.75) is 19.5 Å². The molecular weight excluding hydrogens is 384 g/mol. The monoisotopic (exact) mass is 400 g/mol. The summed E-state index contributed by atoms with van der Waals surface area (Å²) < 4.78 is 7.89. The first-order valence-corrected chi connectivity index (χ1v) is 9.76. The van der Waals surface area contributed by atoms with Crippen molar-refractivity contribution in [3.05, 3.63) is 69.0 Å². The van der Waals surface area contributed by atoms with Gasteiger partial charge in [-0.15, -0.1) is 11.3 Å². The molecule has 2 aromatic carbocycles. The number of nitrogens with zero attached hydrogens (tertiary/aromatic N) is 2. The first-order valence-electron chi connectivity index (χ1n) is 8.51. The number of thiophene rings is 1. The summed E-state index contributed by atoms with van der Waals surface area (Å²) in [4.78, 5) is 26.3. The van der Waals surface area contributed by atoms with Gasteiger partial charge in [-0.1, -0.05) is 29.8 Å². The van der Waals surface area contributed by atoms with Crippen LogP contribution in [0.2, 0.25) is 5.02 Å². The molecule has 0 aliphatic rings. The first kappa shape index (κ1) is 17.8. The molecule has 0 saturated heterocycles. The lowest BCUT2D eigenvalue weighted by Crippen LogP contribution is -2.28. The lowest BCUT2D eigenvalue weighted by atomic mass is 10.1. The second-order valence-electron chi connectivity index (χ2n) is 6.39. The molecule has 0 N–H and O–H groups in total. The molecule has 5 nitrogen and oxygen atoms in total. The number of aromatic nitrogens is 1. The summed E-state index contributed by atoms with van der Waals surface area (Å²) in [5, 5.41) is 3.77. The molecule has 2 heterocycles. The number of benzene rings is 2. The molecule has 1 amide bonds. The van der Waals surface area contributed by atoms with Crippen molar-refractivity contribution in [3.63, 3.8) is 0 Å². The molecule has 4 rings (SSSR count). The Labute approximate surface area is 164 Å². The minimum absolute atomic E-state index is 0.0273. The number of carbonyl (C=O) groups excluding carboxylic acids is 1. The van der Waals surface area contributed by atoms with Gasteiger partial charge in [0, 0.05) is 42.3 Å². The number of oxazole rings is 1. The highest BCUT2D eigenvalue weighted by atomic mass is 35.5. The van der Waals surface area contributed by atoms with E-state index in [0.717, 1.165) is 5.56 Å². The maximum atomic E-state index is 12.6. The fourth-order valence-electron chi connectivity index (χ4n) is 3.15. The van der Waals surface area contributed by atoms with Crippen LogP contribution < -0.4 is 5.76 Å². The highest BCUT2D eigenvalue weighted by Gasteiger charge is 2.15. The van der Waals surface area contributed by atoms with Gasteiger partial charge >= 0.3 is 5.76 Å². The number of hydrogen-bond acceptors (Lipinski definition) is 4. The van der Waals surface area contributed by atoms with Gasteiger partial charge in [-0.05, 0) is 34.5 Å². The van der Waals surface area contributed by atoms with Crippen LogP contribution >= 0.6 is 22.9 Å². The van der Waals surface area contributed by atoms with Crippen LogP contribution in [0, 0.1) is 0 Å². The standard InChI is InChI=1S/C20H17ClN2O3S/c1-22(11-13-12-27-18-5-3-2-4-15(13)18)19(24)8-9-23-16-7-6-14(21)10-17(16)26-20(23)25/h2-7,10,12H,8-9,11H2,1H3. The molecule has 0 spiro atoms. The van der Waals surface area contributed by atoms with E-state index in [9.17, 15) is 9.59 Å². The van der Waals surface area contributed by atoms with Gasteiger partial charge in [0.25, 0.3) is 0 Å². The predicted molar refractivity (Wildman–Crippen MR) is 108 cm³/mol. The smallest absolute Gasteiger partial charge is 0.408 e. The van der Waals surface area contributed by atoms with E-state index >= 15 is 0 Å². The number of halogens is 1. The van der Waals surface area contributed by atoms with Gasteiger partial charge in [0.05, 0.1) is 5.52 Å². The summed E-state index contributed by atoms with van der Waals surface area (Å²) in [6.07, 6.45) is 0.218. The number of rotatable bonds is 5. The number of carbonyl (C=O) groups is 1. The van der Waals surface area contributed by atoms with E-state index in [0.29, 0.717) is 22.7 Å². The quantitative estimate of drug-likeness (QED) is 0.495. The number of amides is 1. The second-order valence-corrected chi connectivity index (χ2v) is 7.74. The molecule has 0 radical (unpaired) electrons. The van der Waals surface area contributed by atoms with E-state index < -0.39 is 5.76 Å². The molecular formula is C20H17ClN2O3S. The normalized spacial score (nSPS) is 11.3. The zero-order valence-corrected chi connectivity index (χ0v) is 16.2. The molecule has 27 heavy (non-hydrogen) atoms. The summed E-state index contributed by atoms with van der Waals surface area (Å²) in [5.74, 6) is -0.507. The summed E-state index contributed by atoms with van der Waals surface area (Å²) in [7, 11) is 1.78. The first-order chi connectivity index (χ1) is 13.0. The van der Waals surface area contributed by atoms with Gasteiger partial charge in [-0.25, -0.2) is 4.79 Å². The second kappa shape index (κ2) is 7.21. The van der Waals surface area contributed by atoms with E-state index in [-0.39, 0.29) is 18.9 Å². The van der Waals surface area contributed by atoms with Crippen LogP contribution in [-0.2, 0) is 17.9 Å². The van der Waals surface area contributed by atoms with E-state index in [1.807, 2.05) is 12.1 Å². The molecule has 138 valence electrons. The summed E-state index contributed by atoms with van der Waals surface area (Å²) in [5.41, 5.74) is 2.20. The topological polar surface area (TPSA) is 55.5 Å². The van der Waals surface area contributed by atoms with Crippen molar-refractivity contribution in [2.75, 3.05) is 7.05 Å². The third-order valence-electron chi connectivity index (χ3n) is 4.57. The molecule has 0 aliphatic carbocycles. The van der Waals surface area contributed by atoms with Crippen LogP contribution in [0.1, 0.15) is 12.0 Å². The highest BCUT2D eigenvalue weighted by molar-refractivity contribution is 7.17. The Morgan fingerprint density at radius 1 is 1.26 bits per heavy atom. The fourth-order valence-corrected chi connectivity index (χ4v) is 4.27. The Bertz CT molecular complexity index is 1190. The van der Waals surface area contributed by atoms with Gasteiger partial charge in [0.1, 0.15) is 0 Å². The van der Waals surface area contributed by atoms with E-state index in [2.05, 4.69) is 17.5 Å². The van der Waals surface area contributed by atoms with Crippen LogP contribution in [0.5, 0.6) is 0 Å². The van der Waals surface area contributed by atoms with Crippen molar-refractivity contribution >= 4 is 50.0 Å². The Morgan fingerprint density at radius 2 is 2.07 bits per heavy atom. The van der Waals surface area contributed by atoms with Crippen LogP contribution in [0.15, 0.2) is 57.1 Å². The van der Waals surface area contributed by atoms with Gasteiger partial charge in [0.2, 0.25) is 5.91 Å². The Hall–Kier alpha value is -2.57. The molecule has 2 aromatic heterocycles. The zero-order valence-electron chi connectivity index (χ0n) is 14.6. The maximum absolute atomic E-state index is 12.6. The Balaban J connectivity index is 1.46. The van der Waals surface area contributed by atoms with Crippen molar-refractivity contribution in [3.8, 4) is 0 Å². The Morgan fingerprint density at radius 3 is 2.93 bits per heavy atom. The minimum atomic E-state index is -0.480. The molecule has 0 bridgehead atoms. The molecule has 0 unspecified atom stereocenters. The van der Waals surface area contributed by atoms with Crippen LogP contribution in [0.3, 0.4) is 0 Å². The zero-order chi connectivity index (χ0) is 19.0. The van der Waals surface area contributed by atoms with E-state index in [4.69, 9.17) is 16.0 Å². The summed E-state index contributed by atoms with van der Waals surface area (Å²) in [6.45, 7) is 0.806. The molecule has 0 atom stereocenters. The molecule has 7 heteroatoms. The molecule has 4 aromatic rings. The molecule has 0 saturated carbocycles. The van der Waals surface area contributed by atoms with Crippen molar-refractivity contribution < 1.29 is 9.21 Å². The van der Waals surface area contributed by atoms with Crippen LogP contribution in [0.25, 0.3) is 21.2 Å². The summed E-state index contributed by atoms with van der Waals surface area (Å²) in [6, 6.07) is 13.2. The van der Waals surface area contributed by atoms with Crippen molar-refractivity contribution in [2.24, 2.45) is 0 Å². The minimum Gasteiger partial charge on any atom is -0.408 e. The summed E-state index contributed by atoms with van der Waals surface area (Å²) >= 11 is 7.60. The average molecular weight is 401 g/mol. The fraction of sp³-hybridized carbons (Fsp3) is 0.200. The average Bonchev–Trinajstić information content (AvgIpc) is 3.19. The van der Waals surface area contributed by atoms with Crippen LogP contribution in [0.4, 0.5) is 0 Å². The van der Waals surface area contributed by atoms with Crippen molar-refractivity contribution in [1.82, 2.24) is 9.47 Å².